The summed E-state index contributed by atoms with van der Waals surface area (Å²) >= 11 is 0. The lowest BCUT2D eigenvalue weighted by Crippen LogP contribution is -2.18. The number of carboxylic acids is 1. The number of aromatic nitrogens is 1. The van der Waals surface area contributed by atoms with Crippen LogP contribution in [0.15, 0.2) is 11.2 Å². The van der Waals surface area contributed by atoms with Crippen LogP contribution in [0.4, 0.5) is 11.6 Å². The van der Waals surface area contributed by atoms with Crippen molar-refractivity contribution in [1.29, 1.82) is 5.26 Å². The van der Waals surface area contributed by atoms with Gasteiger partial charge < -0.3 is 10.4 Å². The number of pyridine rings is 1. The molecule has 7 nitrogen and oxygen atoms in total. The number of carbonyl (C=O) groups is 1. The van der Waals surface area contributed by atoms with Gasteiger partial charge in [0, 0.05) is 12.8 Å². The molecule has 0 aliphatic heterocycles. The lowest BCUT2D eigenvalue weighted by molar-refractivity contribution is 0.0697. The standard InChI is InChI=1S/C12H15N5O2/c1-4-7(2)15-11-9(12(18)19)5-8(6-13)10(16-11)17-14-3/h5,7H,3-4H2,1-2H3,(H,18,19)(H2,15,16,17). The Balaban J connectivity index is 3.33. The minimum Gasteiger partial charge on any atom is -0.478 e. The lowest BCUT2D eigenvalue weighted by Gasteiger charge is -2.15. The highest BCUT2D eigenvalue weighted by Gasteiger charge is 2.17. The zero-order valence-electron chi connectivity index (χ0n) is 10.8. The number of hydrogen-bond donors (Lipinski definition) is 3. The molecule has 0 aromatic carbocycles. The summed E-state index contributed by atoms with van der Waals surface area (Å²) in [5.74, 6) is -0.770. The van der Waals surface area contributed by atoms with E-state index in [0.717, 1.165) is 6.42 Å². The quantitative estimate of drug-likeness (QED) is 0.532. The predicted octanol–water partition coefficient (Wildman–Crippen LogP) is 1.89. The normalized spacial score (nSPS) is 11.2. The fourth-order valence-electron chi connectivity index (χ4n) is 1.37. The van der Waals surface area contributed by atoms with Crippen LogP contribution in [0.5, 0.6) is 0 Å². The summed E-state index contributed by atoms with van der Waals surface area (Å²) in [5, 5.41) is 24.5. The molecule has 0 radical (unpaired) electrons. The smallest absolute Gasteiger partial charge is 0.339 e. The van der Waals surface area contributed by atoms with Crippen LogP contribution in [0.1, 0.15) is 36.2 Å². The first-order valence-corrected chi connectivity index (χ1v) is 5.70. The molecule has 0 aliphatic carbocycles. The first kappa shape index (κ1) is 14.4. The van der Waals surface area contributed by atoms with Crippen molar-refractivity contribution in [3.05, 3.63) is 17.2 Å². The number of aromatic carboxylic acids is 1. The molecule has 1 rings (SSSR count). The first-order chi connectivity index (χ1) is 9.03. The van der Waals surface area contributed by atoms with Crippen molar-refractivity contribution in [3.8, 4) is 6.07 Å². The van der Waals surface area contributed by atoms with Crippen LogP contribution in [-0.4, -0.2) is 28.8 Å². The van der Waals surface area contributed by atoms with Gasteiger partial charge in [0.25, 0.3) is 0 Å². The van der Waals surface area contributed by atoms with E-state index in [2.05, 4.69) is 27.5 Å². The van der Waals surface area contributed by atoms with Crippen molar-refractivity contribution >= 4 is 24.3 Å². The van der Waals surface area contributed by atoms with Gasteiger partial charge in [0.05, 0.1) is 5.56 Å². The van der Waals surface area contributed by atoms with Crippen LogP contribution in [0.2, 0.25) is 0 Å². The molecule has 7 heteroatoms. The highest BCUT2D eigenvalue weighted by molar-refractivity contribution is 5.94. The van der Waals surface area contributed by atoms with E-state index in [1.165, 1.54) is 6.07 Å². The van der Waals surface area contributed by atoms with E-state index < -0.39 is 5.97 Å². The van der Waals surface area contributed by atoms with E-state index in [0.29, 0.717) is 0 Å². The highest BCUT2D eigenvalue weighted by Crippen LogP contribution is 2.22. The molecular weight excluding hydrogens is 246 g/mol. The number of nitriles is 1. The molecule has 0 saturated carbocycles. The largest absolute Gasteiger partial charge is 0.478 e. The van der Waals surface area contributed by atoms with Gasteiger partial charge >= 0.3 is 5.97 Å². The number of carboxylic acid groups (broad SMARTS) is 1. The summed E-state index contributed by atoms with van der Waals surface area (Å²) < 4.78 is 0. The van der Waals surface area contributed by atoms with Gasteiger partial charge in [0.15, 0.2) is 5.82 Å². The Kier molecular flexibility index (Phi) is 4.83. The topological polar surface area (TPSA) is 110 Å². The van der Waals surface area contributed by atoms with Crippen LogP contribution in [0, 0.1) is 11.3 Å². The molecule has 0 fully saturated rings. The van der Waals surface area contributed by atoms with Gasteiger partial charge in [-0.05, 0) is 19.4 Å². The molecule has 1 unspecified atom stereocenters. The number of nitrogens with one attached hydrogen (secondary N) is 2. The average Bonchev–Trinajstić information content (AvgIpc) is 2.38. The van der Waals surface area contributed by atoms with Crippen LogP contribution < -0.4 is 10.7 Å². The van der Waals surface area contributed by atoms with Crippen LogP contribution in [0.3, 0.4) is 0 Å². The molecule has 100 valence electrons. The molecule has 1 atom stereocenters. The Bertz CT molecular complexity index is 536. The zero-order valence-corrected chi connectivity index (χ0v) is 10.8. The predicted molar refractivity (Wildman–Crippen MR) is 72.5 cm³/mol. The SMILES string of the molecule is C=NNc1nc(NC(C)CC)c(C(=O)O)cc1C#N. The number of anilines is 2. The van der Waals surface area contributed by atoms with E-state index in [-0.39, 0.29) is 28.8 Å². The molecule has 1 aromatic rings. The molecule has 1 heterocycles. The van der Waals surface area contributed by atoms with Crippen molar-refractivity contribution in [3.63, 3.8) is 0 Å². The van der Waals surface area contributed by atoms with Gasteiger partial charge in [-0.15, -0.1) is 0 Å². The summed E-state index contributed by atoms with van der Waals surface area (Å²) in [4.78, 5) is 15.3. The maximum atomic E-state index is 11.2. The Labute approximate surface area is 111 Å². The van der Waals surface area contributed by atoms with Gasteiger partial charge in [-0.2, -0.15) is 10.4 Å². The third kappa shape index (κ3) is 3.42. The Morgan fingerprint density at radius 1 is 1.68 bits per heavy atom. The Morgan fingerprint density at radius 2 is 2.37 bits per heavy atom. The van der Waals surface area contributed by atoms with Crippen LogP contribution in [-0.2, 0) is 0 Å². The molecule has 3 N–H and O–H groups in total. The second kappa shape index (κ2) is 6.35. The van der Waals surface area contributed by atoms with E-state index in [4.69, 9.17) is 10.4 Å². The molecule has 19 heavy (non-hydrogen) atoms. The molecule has 0 spiro atoms. The highest BCUT2D eigenvalue weighted by atomic mass is 16.4. The molecule has 0 aliphatic rings. The maximum absolute atomic E-state index is 11.2. The minimum atomic E-state index is -1.15. The number of hydrazone groups is 1. The summed E-state index contributed by atoms with van der Waals surface area (Å²) in [7, 11) is 0. The summed E-state index contributed by atoms with van der Waals surface area (Å²) in [6, 6.07) is 3.18. The van der Waals surface area contributed by atoms with E-state index in [9.17, 15) is 4.79 Å². The summed E-state index contributed by atoms with van der Waals surface area (Å²) in [5.41, 5.74) is 2.52. The second-order valence-electron chi connectivity index (χ2n) is 3.92. The first-order valence-electron chi connectivity index (χ1n) is 5.70. The minimum absolute atomic E-state index is 0.0496. The van der Waals surface area contributed by atoms with Gasteiger partial charge in [-0.25, -0.2) is 9.78 Å². The van der Waals surface area contributed by atoms with Gasteiger partial charge in [0.2, 0.25) is 0 Å². The number of rotatable bonds is 6. The molecule has 1 aromatic heterocycles. The fourth-order valence-corrected chi connectivity index (χ4v) is 1.37. The molecule has 0 saturated heterocycles. The van der Waals surface area contributed by atoms with Gasteiger partial charge in [0.1, 0.15) is 17.5 Å². The average molecular weight is 261 g/mol. The summed E-state index contributed by atoms with van der Waals surface area (Å²) in [6.45, 7) is 7.12. The second-order valence-corrected chi connectivity index (χ2v) is 3.92. The van der Waals surface area contributed by atoms with Gasteiger partial charge in [-0.1, -0.05) is 6.92 Å². The lowest BCUT2D eigenvalue weighted by atomic mass is 10.1. The van der Waals surface area contributed by atoms with Crippen molar-refractivity contribution in [2.75, 3.05) is 10.7 Å². The Hall–Kier alpha value is -2.62. The third-order valence-corrected chi connectivity index (χ3v) is 2.55. The van der Waals surface area contributed by atoms with Crippen molar-refractivity contribution < 1.29 is 9.90 Å². The summed E-state index contributed by atoms with van der Waals surface area (Å²) in [6.07, 6.45) is 0.809. The molecule has 0 amide bonds. The Morgan fingerprint density at radius 3 is 2.84 bits per heavy atom. The zero-order chi connectivity index (χ0) is 14.4. The molecular formula is C12H15N5O2. The van der Waals surface area contributed by atoms with E-state index in [1.54, 1.807) is 0 Å². The third-order valence-electron chi connectivity index (χ3n) is 2.55. The maximum Gasteiger partial charge on any atom is 0.339 e. The van der Waals surface area contributed by atoms with E-state index in [1.807, 2.05) is 19.9 Å². The number of nitrogens with zero attached hydrogens (tertiary/aromatic N) is 3. The van der Waals surface area contributed by atoms with E-state index >= 15 is 0 Å². The monoisotopic (exact) mass is 261 g/mol. The van der Waals surface area contributed by atoms with Gasteiger partial charge in [-0.3, -0.25) is 5.43 Å². The van der Waals surface area contributed by atoms with Crippen LogP contribution >= 0.6 is 0 Å². The van der Waals surface area contributed by atoms with Crippen molar-refractivity contribution in [1.82, 2.24) is 4.98 Å². The fraction of sp³-hybridized carbons (Fsp3) is 0.333. The number of hydrogen-bond acceptors (Lipinski definition) is 6. The molecule has 0 bridgehead atoms. The van der Waals surface area contributed by atoms with Crippen molar-refractivity contribution in [2.24, 2.45) is 5.10 Å². The van der Waals surface area contributed by atoms with Crippen LogP contribution in [0.25, 0.3) is 0 Å². The van der Waals surface area contributed by atoms with Crippen molar-refractivity contribution in [2.45, 2.75) is 26.3 Å².